The van der Waals surface area contributed by atoms with Crippen molar-refractivity contribution in [1.29, 1.82) is 5.26 Å². The molecule has 1 aliphatic heterocycles. The lowest BCUT2D eigenvalue weighted by Crippen LogP contribution is -2.14. The van der Waals surface area contributed by atoms with E-state index in [2.05, 4.69) is 108 Å². The molecule has 7 rings (SSSR count). The second-order valence-electron chi connectivity index (χ2n) is 8.52. The first-order valence-corrected chi connectivity index (χ1v) is 12.1. The summed E-state index contributed by atoms with van der Waals surface area (Å²) in [7, 11) is 0. The molecule has 0 spiro atoms. The Kier molecular flexibility index (Phi) is 4.17. The summed E-state index contributed by atoms with van der Waals surface area (Å²) in [6, 6.07) is 40.8. The van der Waals surface area contributed by atoms with Crippen molar-refractivity contribution in [2.45, 2.75) is 9.79 Å². The van der Waals surface area contributed by atoms with Crippen LogP contribution in [-0.4, -0.2) is 0 Å². The Morgan fingerprint density at radius 2 is 1.06 bits per heavy atom. The van der Waals surface area contributed by atoms with E-state index >= 15 is 0 Å². The van der Waals surface area contributed by atoms with Gasteiger partial charge in [-0.15, -0.1) is 0 Å². The Hall–Kier alpha value is -4.26. The van der Waals surface area contributed by atoms with Crippen molar-refractivity contribution in [2.75, 3.05) is 4.90 Å². The molecule has 0 aromatic heterocycles. The summed E-state index contributed by atoms with van der Waals surface area (Å²) in [5.74, 6) is 0. The van der Waals surface area contributed by atoms with Gasteiger partial charge in [0.15, 0.2) is 0 Å². The number of para-hydroxylation sites is 2. The lowest BCUT2D eigenvalue weighted by atomic mass is 9.93. The number of anilines is 3. The van der Waals surface area contributed by atoms with Crippen molar-refractivity contribution in [3.05, 3.63) is 115 Å². The third-order valence-electron chi connectivity index (χ3n) is 6.64. The van der Waals surface area contributed by atoms with Crippen LogP contribution in [0.25, 0.3) is 32.3 Å². The molecule has 0 amide bonds. The van der Waals surface area contributed by atoms with Crippen molar-refractivity contribution in [1.82, 2.24) is 0 Å². The molecule has 1 aliphatic rings. The number of hydrogen-bond donors (Lipinski definition) is 0. The number of rotatable bonds is 1. The first kappa shape index (κ1) is 19.2. The summed E-state index contributed by atoms with van der Waals surface area (Å²) in [5, 5.41) is 16.6. The van der Waals surface area contributed by atoms with Crippen molar-refractivity contribution >= 4 is 61.1 Å². The van der Waals surface area contributed by atoms with Crippen LogP contribution in [0.1, 0.15) is 5.56 Å². The van der Waals surface area contributed by atoms with Crippen molar-refractivity contribution in [3.63, 3.8) is 0 Å². The SMILES string of the molecule is N#Cc1ccc2c3ccc(N4c5ccccc5Sc5ccccc54)cc3c3ccccc3c2c1. The quantitative estimate of drug-likeness (QED) is 0.234. The fraction of sp³-hybridized carbons (Fsp3) is 0. The minimum absolute atomic E-state index is 0.688. The van der Waals surface area contributed by atoms with E-state index in [0.717, 1.165) is 11.1 Å². The van der Waals surface area contributed by atoms with Crippen LogP contribution < -0.4 is 4.90 Å². The molecule has 0 N–H and O–H groups in total. The Balaban J connectivity index is 1.56. The molecule has 158 valence electrons. The summed E-state index contributed by atoms with van der Waals surface area (Å²) in [4.78, 5) is 4.89. The molecule has 0 fully saturated rings. The van der Waals surface area contributed by atoms with Crippen LogP contribution >= 0.6 is 11.8 Å². The van der Waals surface area contributed by atoms with Crippen molar-refractivity contribution in [3.8, 4) is 6.07 Å². The van der Waals surface area contributed by atoms with Gasteiger partial charge in [-0.3, -0.25) is 0 Å². The van der Waals surface area contributed by atoms with Gasteiger partial charge in [0.25, 0.3) is 0 Å². The highest BCUT2D eigenvalue weighted by Gasteiger charge is 2.24. The molecular formula is C31H18N2S. The van der Waals surface area contributed by atoms with Gasteiger partial charge in [-0.1, -0.05) is 72.4 Å². The lowest BCUT2D eigenvalue weighted by Gasteiger charge is -2.33. The van der Waals surface area contributed by atoms with Gasteiger partial charge in [-0.2, -0.15) is 5.26 Å². The standard InChI is InChI=1S/C31H18N2S/c32-19-20-13-15-24-25-16-14-21(18-27(25)23-8-2-1-7-22(23)26(24)17-20)33-28-9-3-5-11-30(28)34-31-12-6-4-10-29(31)33/h1-18H. The number of nitriles is 1. The average molecular weight is 451 g/mol. The number of nitrogens with zero attached hydrogens (tertiary/aromatic N) is 2. The van der Waals surface area contributed by atoms with E-state index < -0.39 is 0 Å². The minimum Gasteiger partial charge on any atom is -0.308 e. The monoisotopic (exact) mass is 450 g/mol. The summed E-state index contributed by atoms with van der Waals surface area (Å²) >= 11 is 1.82. The fourth-order valence-electron chi connectivity index (χ4n) is 5.14. The van der Waals surface area contributed by atoms with Crippen LogP contribution in [-0.2, 0) is 0 Å². The predicted molar refractivity (Wildman–Crippen MR) is 142 cm³/mol. The fourth-order valence-corrected chi connectivity index (χ4v) is 6.19. The van der Waals surface area contributed by atoms with Crippen molar-refractivity contribution < 1.29 is 0 Å². The van der Waals surface area contributed by atoms with E-state index in [-0.39, 0.29) is 0 Å². The van der Waals surface area contributed by atoms with Gasteiger partial charge in [0.05, 0.1) is 23.0 Å². The molecular weight excluding hydrogens is 432 g/mol. The van der Waals surface area contributed by atoms with E-state index in [9.17, 15) is 5.26 Å². The minimum atomic E-state index is 0.688. The maximum atomic E-state index is 9.47. The Morgan fingerprint density at radius 3 is 1.71 bits per heavy atom. The number of hydrogen-bond acceptors (Lipinski definition) is 3. The van der Waals surface area contributed by atoms with Gasteiger partial charge in [-0.05, 0) is 80.8 Å². The molecule has 2 nitrogen and oxygen atoms in total. The van der Waals surface area contributed by atoms with Gasteiger partial charge in [0, 0.05) is 15.5 Å². The molecule has 34 heavy (non-hydrogen) atoms. The van der Waals surface area contributed by atoms with Gasteiger partial charge >= 0.3 is 0 Å². The molecule has 0 saturated heterocycles. The van der Waals surface area contributed by atoms with Gasteiger partial charge in [-0.25, -0.2) is 0 Å². The summed E-state index contributed by atoms with van der Waals surface area (Å²) in [6.07, 6.45) is 0. The van der Waals surface area contributed by atoms with Gasteiger partial charge < -0.3 is 4.90 Å². The zero-order valence-corrected chi connectivity index (χ0v) is 19.0. The second kappa shape index (κ2) is 7.38. The topological polar surface area (TPSA) is 27.0 Å². The molecule has 0 atom stereocenters. The normalized spacial score (nSPS) is 12.5. The Bertz CT molecular complexity index is 1750. The predicted octanol–water partition coefficient (Wildman–Crippen LogP) is 8.95. The molecule has 1 heterocycles. The lowest BCUT2D eigenvalue weighted by molar-refractivity contribution is 1.17. The summed E-state index contributed by atoms with van der Waals surface area (Å²) in [5.41, 5.74) is 4.24. The maximum absolute atomic E-state index is 9.47. The highest BCUT2D eigenvalue weighted by Crippen LogP contribution is 2.51. The molecule has 0 saturated carbocycles. The molecule has 6 aromatic carbocycles. The first-order valence-electron chi connectivity index (χ1n) is 11.3. The Labute approximate surface area is 201 Å². The summed E-state index contributed by atoms with van der Waals surface area (Å²) < 4.78 is 0. The number of benzene rings is 6. The van der Waals surface area contributed by atoms with E-state index in [1.807, 2.05) is 23.9 Å². The van der Waals surface area contributed by atoms with Crippen molar-refractivity contribution in [2.24, 2.45) is 0 Å². The van der Waals surface area contributed by atoms with Gasteiger partial charge in [0.1, 0.15) is 0 Å². The van der Waals surface area contributed by atoms with Crippen LogP contribution in [0.15, 0.2) is 119 Å². The number of fused-ring (bicyclic) bond motifs is 8. The smallest absolute Gasteiger partial charge is 0.0991 e. The largest absolute Gasteiger partial charge is 0.308 e. The zero-order chi connectivity index (χ0) is 22.6. The maximum Gasteiger partial charge on any atom is 0.0991 e. The van der Waals surface area contributed by atoms with Crippen LogP contribution in [0, 0.1) is 11.3 Å². The first-order chi connectivity index (χ1) is 16.8. The Morgan fingerprint density at radius 1 is 0.529 bits per heavy atom. The summed E-state index contributed by atoms with van der Waals surface area (Å²) in [6.45, 7) is 0. The van der Waals surface area contributed by atoms with E-state index in [1.54, 1.807) is 0 Å². The van der Waals surface area contributed by atoms with Crippen LogP contribution in [0.5, 0.6) is 0 Å². The second-order valence-corrected chi connectivity index (χ2v) is 9.60. The van der Waals surface area contributed by atoms with E-state index in [4.69, 9.17) is 0 Å². The molecule has 0 radical (unpaired) electrons. The van der Waals surface area contributed by atoms with Gasteiger partial charge in [0.2, 0.25) is 0 Å². The highest BCUT2D eigenvalue weighted by atomic mass is 32.2. The van der Waals surface area contributed by atoms with Crippen LogP contribution in [0.3, 0.4) is 0 Å². The molecule has 6 aromatic rings. The van der Waals surface area contributed by atoms with E-state index in [1.165, 1.54) is 48.1 Å². The highest BCUT2D eigenvalue weighted by molar-refractivity contribution is 7.99. The van der Waals surface area contributed by atoms with Crippen LogP contribution in [0.2, 0.25) is 0 Å². The van der Waals surface area contributed by atoms with Crippen LogP contribution in [0.4, 0.5) is 17.1 Å². The third kappa shape index (κ3) is 2.76. The van der Waals surface area contributed by atoms with E-state index in [0.29, 0.717) is 5.56 Å². The third-order valence-corrected chi connectivity index (χ3v) is 7.77. The zero-order valence-electron chi connectivity index (χ0n) is 18.2. The molecule has 0 unspecified atom stereocenters. The molecule has 0 aliphatic carbocycles. The molecule has 3 heteroatoms. The average Bonchev–Trinajstić information content (AvgIpc) is 2.91. The molecule has 0 bridgehead atoms.